The molecule has 0 saturated carbocycles. The molecule has 2 heterocycles. The number of amides is 1. The first-order chi connectivity index (χ1) is 11.3. The van der Waals surface area contributed by atoms with Gasteiger partial charge < -0.3 is 10.1 Å². The van der Waals surface area contributed by atoms with Gasteiger partial charge >= 0.3 is 0 Å². The minimum Gasteiger partial charge on any atom is -0.479 e. The normalized spacial score (nSPS) is 17.1. The van der Waals surface area contributed by atoms with Gasteiger partial charge in [-0.3, -0.25) is 9.48 Å². The molecule has 0 radical (unpaired) electrons. The van der Waals surface area contributed by atoms with E-state index in [1.54, 1.807) is 18.7 Å². The number of aromatic nitrogens is 2. The lowest BCUT2D eigenvalue weighted by atomic mass is 10.2. The fraction of sp³-hybridized carbons (Fsp3) is 0.333. The molecular formula is C15H18N4O4S. The highest BCUT2D eigenvalue weighted by Crippen LogP contribution is 2.31. The van der Waals surface area contributed by atoms with Crippen molar-refractivity contribution >= 4 is 21.6 Å². The molecule has 0 bridgehead atoms. The molecule has 24 heavy (non-hydrogen) atoms. The summed E-state index contributed by atoms with van der Waals surface area (Å²) in [5.74, 6) is 0.138. The Morgan fingerprint density at radius 1 is 1.38 bits per heavy atom. The van der Waals surface area contributed by atoms with E-state index in [9.17, 15) is 13.2 Å². The lowest BCUT2D eigenvalue weighted by Crippen LogP contribution is -2.34. The van der Waals surface area contributed by atoms with Crippen LogP contribution < -0.4 is 14.8 Å². The number of carbonyl (C=O) groups excluding carboxylic acids is 1. The topological polar surface area (TPSA) is 102 Å². The molecule has 0 fully saturated rings. The summed E-state index contributed by atoms with van der Waals surface area (Å²) in [6.45, 7) is 3.59. The van der Waals surface area contributed by atoms with Gasteiger partial charge in [0.25, 0.3) is 5.91 Å². The van der Waals surface area contributed by atoms with Crippen LogP contribution in [0.15, 0.2) is 29.2 Å². The van der Waals surface area contributed by atoms with E-state index >= 15 is 0 Å². The van der Waals surface area contributed by atoms with Crippen LogP contribution in [0.4, 0.5) is 5.69 Å². The number of fused-ring (bicyclic) bond motifs is 1. The summed E-state index contributed by atoms with van der Waals surface area (Å²) < 4.78 is 34.5. The van der Waals surface area contributed by atoms with Crippen LogP contribution in [0.1, 0.15) is 18.3 Å². The second kappa shape index (κ2) is 5.91. The minimum atomic E-state index is -3.73. The zero-order valence-corrected chi connectivity index (χ0v) is 14.3. The number of aryl methyl sites for hydroxylation is 2. The third-order valence-corrected chi connectivity index (χ3v) is 5.13. The zero-order valence-electron chi connectivity index (χ0n) is 13.5. The molecule has 1 amide bonds. The van der Waals surface area contributed by atoms with Crippen LogP contribution in [0, 0.1) is 6.92 Å². The second-order valence-corrected chi connectivity index (χ2v) is 7.40. The number of ether oxygens (including phenoxy) is 1. The first-order valence-electron chi connectivity index (χ1n) is 7.37. The SMILES string of the molecule is Cc1cc(CNS(=O)(=O)c2ccc3c(c2)NC(=O)[C@@H](C)O3)n(C)n1. The number of hydrogen-bond acceptors (Lipinski definition) is 5. The van der Waals surface area contributed by atoms with Gasteiger partial charge in [-0.1, -0.05) is 0 Å². The molecule has 1 atom stereocenters. The van der Waals surface area contributed by atoms with Crippen LogP contribution in [0.25, 0.3) is 0 Å². The van der Waals surface area contributed by atoms with Crippen molar-refractivity contribution in [3.8, 4) is 5.75 Å². The van der Waals surface area contributed by atoms with Crippen LogP contribution in [0.3, 0.4) is 0 Å². The molecule has 3 rings (SSSR count). The van der Waals surface area contributed by atoms with Crippen molar-refractivity contribution in [3.63, 3.8) is 0 Å². The molecule has 0 saturated heterocycles. The van der Waals surface area contributed by atoms with Gasteiger partial charge in [0.1, 0.15) is 5.75 Å². The van der Waals surface area contributed by atoms with E-state index in [2.05, 4.69) is 15.1 Å². The minimum absolute atomic E-state index is 0.0543. The highest BCUT2D eigenvalue weighted by atomic mass is 32.2. The number of rotatable bonds is 4. The van der Waals surface area contributed by atoms with E-state index < -0.39 is 16.1 Å². The number of nitrogens with one attached hydrogen (secondary N) is 2. The van der Waals surface area contributed by atoms with Gasteiger partial charge in [-0.25, -0.2) is 13.1 Å². The fourth-order valence-corrected chi connectivity index (χ4v) is 3.46. The van der Waals surface area contributed by atoms with Gasteiger partial charge in [-0.2, -0.15) is 5.10 Å². The van der Waals surface area contributed by atoms with Crippen molar-refractivity contribution < 1.29 is 17.9 Å². The van der Waals surface area contributed by atoms with Crippen LogP contribution in [-0.4, -0.2) is 30.2 Å². The van der Waals surface area contributed by atoms with Crippen molar-refractivity contribution in [2.75, 3.05) is 5.32 Å². The largest absolute Gasteiger partial charge is 0.479 e. The monoisotopic (exact) mass is 350 g/mol. The van der Waals surface area contributed by atoms with Gasteiger partial charge in [0.15, 0.2) is 6.10 Å². The molecule has 1 aliphatic rings. The van der Waals surface area contributed by atoms with Gasteiger partial charge in [0.2, 0.25) is 10.0 Å². The van der Waals surface area contributed by atoms with Crippen LogP contribution in [0.5, 0.6) is 5.75 Å². The predicted molar refractivity (Wildman–Crippen MR) is 87.1 cm³/mol. The molecule has 0 unspecified atom stereocenters. The first kappa shape index (κ1) is 16.5. The quantitative estimate of drug-likeness (QED) is 0.854. The average molecular weight is 350 g/mol. The van der Waals surface area contributed by atoms with Gasteiger partial charge in [-0.05, 0) is 38.1 Å². The molecule has 1 aliphatic heterocycles. The number of sulfonamides is 1. The Balaban J connectivity index is 1.81. The van der Waals surface area contributed by atoms with E-state index in [1.165, 1.54) is 18.2 Å². The number of benzene rings is 1. The summed E-state index contributed by atoms with van der Waals surface area (Å²) in [5.41, 5.74) is 1.91. The molecule has 0 spiro atoms. The Hall–Kier alpha value is -2.39. The lowest BCUT2D eigenvalue weighted by Gasteiger charge is -2.23. The lowest BCUT2D eigenvalue weighted by molar-refractivity contribution is -0.122. The van der Waals surface area contributed by atoms with Gasteiger partial charge in [0.05, 0.1) is 28.5 Å². The second-order valence-electron chi connectivity index (χ2n) is 5.63. The van der Waals surface area contributed by atoms with Crippen molar-refractivity contribution in [1.29, 1.82) is 0 Å². The summed E-state index contributed by atoms with van der Waals surface area (Å²) in [7, 11) is -1.97. The maximum atomic E-state index is 12.5. The molecule has 2 N–H and O–H groups in total. The number of carbonyl (C=O) groups is 1. The molecule has 8 nitrogen and oxygen atoms in total. The summed E-state index contributed by atoms with van der Waals surface area (Å²) in [6.07, 6.45) is -0.605. The number of hydrogen-bond donors (Lipinski definition) is 2. The fourth-order valence-electron chi connectivity index (χ4n) is 2.44. The molecule has 128 valence electrons. The maximum absolute atomic E-state index is 12.5. The first-order valence-corrected chi connectivity index (χ1v) is 8.85. The smallest absolute Gasteiger partial charge is 0.265 e. The van der Waals surface area contributed by atoms with E-state index in [4.69, 9.17) is 4.74 Å². The Morgan fingerprint density at radius 2 is 2.12 bits per heavy atom. The Labute approximate surface area is 139 Å². The van der Waals surface area contributed by atoms with E-state index in [0.717, 1.165) is 11.4 Å². The molecule has 1 aromatic heterocycles. The van der Waals surface area contributed by atoms with Crippen molar-refractivity contribution in [3.05, 3.63) is 35.7 Å². The van der Waals surface area contributed by atoms with Crippen LogP contribution in [0.2, 0.25) is 0 Å². The third-order valence-electron chi connectivity index (χ3n) is 3.73. The standard InChI is InChI=1S/C15H18N4O4S/c1-9-6-11(19(3)18-9)8-16-24(21,22)12-4-5-14-13(7-12)17-15(20)10(2)23-14/h4-7,10,16H,8H2,1-3H3,(H,17,20)/t10-/m1/s1. The average Bonchev–Trinajstić information content (AvgIpc) is 2.84. The highest BCUT2D eigenvalue weighted by Gasteiger charge is 2.25. The molecule has 9 heteroatoms. The maximum Gasteiger partial charge on any atom is 0.265 e. The Kier molecular flexibility index (Phi) is 4.06. The predicted octanol–water partition coefficient (Wildman–Crippen LogP) is 0.926. The molecule has 2 aromatic rings. The van der Waals surface area contributed by atoms with Crippen LogP contribution >= 0.6 is 0 Å². The summed E-state index contributed by atoms with van der Waals surface area (Å²) in [4.78, 5) is 11.7. The highest BCUT2D eigenvalue weighted by molar-refractivity contribution is 7.89. The van der Waals surface area contributed by atoms with Crippen LogP contribution in [-0.2, 0) is 28.4 Å². The summed E-state index contributed by atoms with van der Waals surface area (Å²) >= 11 is 0. The summed E-state index contributed by atoms with van der Waals surface area (Å²) in [6, 6.07) is 6.18. The number of anilines is 1. The van der Waals surface area contributed by atoms with Crippen molar-refractivity contribution in [2.24, 2.45) is 7.05 Å². The van der Waals surface area contributed by atoms with E-state index in [1.807, 2.05) is 13.0 Å². The Bertz CT molecular complexity index is 904. The third kappa shape index (κ3) is 3.13. The van der Waals surface area contributed by atoms with Crippen molar-refractivity contribution in [2.45, 2.75) is 31.4 Å². The van der Waals surface area contributed by atoms with E-state index in [-0.39, 0.29) is 17.3 Å². The van der Waals surface area contributed by atoms with E-state index in [0.29, 0.717) is 11.4 Å². The van der Waals surface area contributed by atoms with Gasteiger partial charge in [-0.15, -0.1) is 0 Å². The van der Waals surface area contributed by atoms with Crippen molar-refractivity contribution in [1.82, 2.24) is 14.5 Å². The Morgan fingerprint density at radius 3 is 2.79 bits per heavy atom. The molecule has 0 aliphatic carbocycles. The zero-order chi connectivity index (χ0) is 17.5. The summed E-state index contributed by atoms with van der Waals surface area (Å²) in [5, 5.41) is 6.81. The number of nitrogens with zero attached hydrogens (tertiary/aromatic N) is 2. The van der Waals surface area contributed by atoms with Gasteiger partial charge in [0, 0.05) is 7.05 Å². The molecular weight excluding hydrogens is 332 g/mol. The molecule has 1 aromatic carbocycles.